The zero-order chi connectivity index (χ0) is 12.6. The summed E-state index contributed by atoms with van der Waals surface area (Å²) in [5.41, 5.74) is 8.56. The zero-order valence-electron chi connectivity index (χ0n) is 9.63. The molecule has 0 fully saturated rings. The van der Waals surface area contributed by atoms with Crippen molar-refractivity contribution < 1.29 is 0 Å². The van der Waals surface area contributed by atoms with Crippen LogP contribution in [0, 0.1) is 17.4 Å². The van der Waals surface area contributed by atoms with E-state index in [0.29, 0.717) is 0 Å². The molecule has 0 aliphatic heterocycles. The summed E-state index contributed by atoms with van der Waals surface area (Å²) in [5.74, 6) is 0. The lowest BCUT2D eigenvalue weighted by atomic mass is 10.0. The van der Waals surface area contributed by atoms with Crippen LogP contribution < -0.4 is 5.73 Å². The first-order valence-electron chi connectivity index (χ1n) is 5.26. The maximum atomic E-state index is 6.30. The minimum atomic E-state index is -0.0885. The Morgan fingerprint density at radius 1 is 1.29 bits per heavy atom. The van der Waals surface area contributed by atoms with Crippen molar-refractivity contribution in [2.75, 3.05) is 0 Å². The molecule has 90 valence electrons. The molecule has 1 heterocycles. The molecule has 0 bridgehead atoms. The monoisotopic (exact) mass is 377 g/mol. The summed E-state index contributed by atoms with van der Waals surface area (Å²) in [5, 5.41) is 0.767. The van der Waals surface area contributed by atoms with Gasteiger partial charge in [-0.25, -0.2) is 0 Å². The Balaban J connectivity index is 2.40. The van der Waals surface area contributed by atoms with E-state index in [9.17, 15) is 0 Å². The molecule has 2 N–H and O–H groups in total. The second-order valence-electron chi connectivity index (χ2n) is 4.02. The average molecular weight is 378 g/mol. The Hall–Kier alpha value is -0.100. The van der Waals surface area contributed by atoms with Crippen LogP contribution in [-0.2, 0) is 0 Å². The third-order valence-corrected chi connectivity index (χ3v) is 5.27. The Bertz CT molecular complexity index is 550. The lowest BCUT2D eigenvalue weighted by Crippen LogP contribution is -2.12. The molecule has 2 rings (SSSR count). The van der Waals surface area contributed by atoms with Gasteiger partial charge in [-0.05, 0) is 65.8 Å². The van der Waals surface area contributed by atoms with Crippen LogP contribution in [0.5, 0.6) is 0 Å². The predicted octanol–water partition coefficient (Wildman–Crippen LogP) is 4.67. The number of hydrogen-bond donors (Lipinski definition) is 1. The van der Waals surface area contributed by atoms with Crippen LogP contribution in [0.15, 0.2) is 24.3 Å². The van der Waals surface area contributed by atoms with E-state index in [4.69, 9.17) is 17.3 Å². The molecule has 1 unspecified atom stereocenters. The van der Waals surface area contributed by atoms with E-state index in [-0.39, 0.29) is 6.04 Å². The van der Waals surface area contributed by atoms with Crippen molar-refractivity contribution >= 4 is 45.5 Å². The van der Waals surface area contributed by atoms with Gasteiger partial charge in [0, 0.05) is 13.3 Å². The minimum absolute atomic E-state index is 0.0885. The van der Waals surface area contributed by atoms with Crippen LogP contribution in [0.25, 0.3) is 0 Å². The summed E-state index contributed by atoms with van der Waals surface area (Å²) in [7, 11) is 0. The van der Waals surface area contributed by atoms with E-state index >= 15 is 0 Å². The first kappa shape index (κ1) is 13.3. The second kappa shape index (κ2) is 5.26. The third kappa shape index (κ3) is 2.84. The number of nitrogens with two attached hydrogens (primary N) is 1. The Morgan fingerprint density at radius 2 is 2.00 bits per heavy atom. The topological polar surface area (TPSA) is 26.0 Å². The molecule has 0 radical (unpaired) electrons. The van der Waals surface area contributed by atoms with E-state index in [1.165, 1.54) is 15.3 Å². The van der Waals surface area contributed by atoms with Crippen molar-refractivity contribution in [1.29, 1.82) is 0 Å². The Labute approximate surface area is 124 Å². The summed E-state index contributed by atoms with van der Waals surface area (Å²) in [4.78, 5) is 2.58. The van der Waals surface area contributed by atoms with Crippen LogP contribution >= 0.6 is 45.5 Å². The van der Waals surface area contributed by atoms with Crippen molar-refractivity contribution in [2.24, 2.45) is 5.73 Å². The average Bonchev–Trinajstić information content (AvgIpc) is 2.61. The maximum Gasteiger partial charge on any atom is 0.0563 e. The number of thiophene rings is 1. The molecular weight excluding hydrogens is 365 g/mol. The van der Waals surface area contributed by atoms with E-state index in [0.717, 1.165) is 14.2 Å². The molecule has 1 aromatic heterocycles. The van der Waals surface area contributed by atoms with Crippen LogP contribution in [0.4, 0.5) is 0 Å². The van der Waals surface area contributed by atoms with Gasteiger partial charge < -0.3 is 5.73 Å². The van der Waals surface area contributed by atoms with Gasteiger partial charge in [-0.3, -0.25) is 0 Å². The van der Waals surface area contributed by atoms with Gasteiger partial charge in [-0.2, -0.15) is 0 Å². The number of aryl methyl sites for hydroxylation is 2. The third-order valence-electron chi connectivity index (χ3n) is 2.72. The molecular formula is C13H13ClINS. The highest BCUT2D eigenvalue weighted by Gasteiger charge is 2.14. The smallest absolute Gasteiger partial charge is 0.0563 e. The number of rotatable bonds is 2. The summed E-state index contributed by atoms with van der Waals surface area (Å²) in [6.07, 6.45) is 0. The highest BCUT2D eigenvalue weighted by Crippen LogP contribution is 2.31. The molecule has 1 aromatic carbocycles. The minimum Gasteiger partial charge on any atom is -0.320 e. The van der Waals surface area contributed by atoms with Gasteiger partial charge in [0.05, 0.1) is 11.1 Å². The van der Waals surface area contributed by atoms with Crippen LogP contribution in [0.2, 0.25) is 5.02 Å². The number of hydrogen-bond acceptors (Lipinski definition) is 2. The van der Waals surface area contributed by atoms with E-state index in [2.05, 4.69) is 42.5 Å². The van der Waals surface area contributed by atoms with Gasteiger partial charge in [0.25, 0.3) is 0 Å². The molecule has 0 amide bonds. The zero-order valence-corrected chi connectivity index (χ0v) is 13.4. The van der Waals surface area contributed by atoms with Gasteiger partial charge in [-0.15, -0.1) is 11.3 Å². The Morgan fingerprint density at radius 3 is 2.53 bits per heavy atom. The summed E-state index contributed by atoms with van der Waals surface area (Å²) in [6.45, 7) is 4.22. The van der Waals surface area contributed by atoms with Gasteiger partial charge in [0.2, 0.25) is 0 Å². The van der Waals surface area contributed by atoms with Crippen molar-refractivity contribution in [3.05, 3.63) is 53.7 Å². The number of benzene rings is 1. The van der Waals surface area contributed by atoms with Crippen molar-refractivity contribution in [1.82, 2.24) is 0 Å². The molecule has 1 nitrogen and oxygen atoms in total. The van der Waals surface area contributed by atoms with Gasteiger partial charge >= 0.3 is 0 Å². The van der Waals surface area contributed by atoms with Gasteiger partial charge in [-0.1, -0.05) is 17.7 Å². The molecule has 1 atom stereocenters. The number of halogens is 2. The van der Waals surface area contributed by atoms with E-state index in [1.54, 1.807) is 11.3 Å². The molecule has 0 spiro atoms. The highest BCUT2D eigenvalue weighted by atomic mass is 127. The molecule has 17 heavy (non-hydrogen) atoms. The van der Waals surface area contributed by atoms with Crippen molar-refractivity contribution in [2.45, 2.75) is 19.9 Å². The molecule has 0 saturated carbocycles. The fraction of sp³-hybridized carbons (Fsp3) is 0.231. The first-order chi connectivity index (χ1) is 7.99. The Kier molecular flexibility index (Phi) is 4.13. The first-order valence-corrected chi connectivity index (χ1v) is 7.54. The van der Waals surface area contributed by atoms with Crippen molar-refractivity contribution in [3.8, 4) is 0 Å². The van der Waals surface area contributed by atoms with Crippen LogP contribution in [0.1, 0.15) is 26.9 Å². The standard InChI is InChI=1S/C13H13ClINS/c1-7-5-10(8(2)17-7)13(16)9-3-4-12(15)11(14)6-9/h3-6,13H,16H2,1-2H3. The molecule has 0 aliphatic rings. The van der Waals surface area contributed by atoms with Crippen molar-refractivity contribution in [3.63, 3.8) is 0 Å². The van der Waals surface area contributed by atoms with Gasteiger partial charge in [0.1, 0.15) is 0 Å². The fourth-order valence-electron chi connectivity index (χ4n) is 1.84. The lowest BCUT2D eigenvalue weighted by molar-refractivity contribution is 0.868. The van der Waals surface area contributed by atoms with Crippen LogP contribution in [0.3, 0.4) is 0 Å². The fourth-order valence-corrected chi connectivity index (χ4v) is 3.34. The van der Waals surface area contributed by atoms with Crippen LogP contribution in [-0.4, -0.2) is 0 Å². The van der Waals surface area contributed by atoms with E-state index < -0.39 is 0 Å². The SMILES string of the molecule is Cc1cc(C(N)c2ccc(I)c(Cl)c2)c(C)s1. The second-order valence-corrected chi connectivity index (χ2v) is 7.05. The predicted molar refractivity (Wildman–Crippen MR) is 84.0 cm³/mol. The summed E-state index contributed by atoms with van der Waals surface area (Å²) >= 11 is 10.1. The molecule has 2 aromatic rings. The summed E-state index contributed by atoms with van der Waals surface area (Å²) < 4.78 is 1.05. The lowest BCUT2D eigenvalue weighted by Gasteiger charge is -2.12. The van der Waals surface area contributed by atoms with E-state index in [1.807, 2.05) is 18.2 Å². The largest absolute Gasteiger partial charge is 0.320 e. The van der Waals surface area contributed by atoms with Gasteiger partial charge in [0.15, 0.2) is 0 Å². The maximum absolute atomic E-state index is 6.30. The summed E-state index contributed by atoms with van der Waals surface area (Å²) in [6, 6.07) is 8.09. The molecule has 4 heteroatoms. The molecule has 0 aliphatic carbocycles. The molecule has 0 saturated heterocycles. The normalized spacial score (nSPS) is 12.8. The quantitative estimate of drug-likeness (QED) is 0.756. The highest BCUT2D eigenvalue weighted by molar-refractivity contribution is 14.1.